The maximum absolute atomic E-state index is 13.9. The van der Waals surface area contributed by atoms with Gasteiger partial charge in [0.05, 0.1) is 6.42 Å². The minimum Gasteiger partial charge on any atom is -0.352 e. The fourth-order valence-corrected chi connectivity index (χ4v) is 5.10. The molecule has 188 valence electrons. The Kier molecular flexibility index (Phi) is 9.18. The highest BCUT2D eigenvalue weighted by molar-refractivity contribution is 6.31. The first-order valence-corrected chi connectivity index (χ1v) is 13.3. The fourth-order valence-electron chi connectivity index (χ4n) is 4.89. The summed E-state index contributed by atoms with van der Waals surface area (Å²) in [4.78, 5) is 29.4. The zero-order valence-corrected chi connectivity index (χ0v) is 21.7. The van der Waals surface area contributed by atoms with Crippen molar-refractivity contribution in [3.05, 3.63) is 106 Å². The highest BCUT2D eigenvalue weighted by atomic mass is 35.5. The van der Waals surface area contributed by atoms with Gasteiger partial charge in [-0.25, -0.2) is 0 Å². The van der Waals surface area contributed by atoms with Crippen LogP contribution in [0.5, 0.6) is 0 Å². The van der Waals surface area contributed by atoms with Crippen LogP contribution in [0, 0.1) is 6.92 Å². The van der Waals surface area contributed by atoms with E-state index < -0.39 is 6.04 Å². The number of rotatable bonds is 9. The molecular weight excluding hydrogens is 468 g/mol. The average Bonchev–Trinajstić information content (AvgIpc) is 2.89. The number of aryl methyl sites for hydroxylation is 1. The summed E-state index contributed by atoms with van der Waals surface area (Å²) in [5.41, 5.74) is 3.95. The second kappa shape index (κ2) is 12.7. The van der Waals surface area contributed by atoms with E-state index in [-0.39, 0.29) is 24.3 Å². The van der Waals surface area contributed by atoms with Crippen molar-refractivity contribution in [1.82, 2.24) is 10.2 Å². The molecule has 0 unspecified atom stereocenters. The zero-order valence-electron chi connectivity index (χ0n) is 21.0. The molecular formula is C31H35ClN2O2. The van der Waals surface area contributed by atoms with Gasteiger partial charge >= 0.3 is 0 Å². The van der Waals surface area contributed by atoms with Gasteiger partial charge in [-0.15, -0.1) is 0 Å². The van der Waals surface area contributed by atoms with Crippen molar-refractivity contribution in [2.45, 2.75) is 70.5 Å². The van der Waals surface area contributed by atoms with Gasteiger partial charge in [0.1, 0.15) is 6.04 Å². The quantitative estimate of drug-likeness (QED) is 0.374. The van der Waals surface area contributed by atoms with E-state index in [1.165, 1.54) is 6.42 Å². The van der Waals surface area contributed by atoms with Crippen LogP contribution in [-0.4, -0.2) is 28.8 Å². The summed E-state index contributed by atoms with van der Waals surface area (Å²) in [5.74, 6) is -0.186. The molecule has 1 aliphatic carbocycles. The topological polar surface area (TPSA) is 49.4 Å². The molecule has 1 atom stereocenters. The number of hydrogen-bond donors (Lipinski definition) is 1. The van der Waals surface area contributed by atoms with Crippen LogP contribution in [0.2, 0.25) is 5.02 Å². The Labute approximate surface area is 219 Å². The van der Waals surface area contributed by atoms with Crippen molar-refractivity contribution >= 4 is 23.4 Å². The van der Waals surface area contributed by atoms with Crippen molar-refractivity contribution in [2.24, 2.45) is 0 Å². The average molecular weight is 503 g/mol. The maximum Gasteiger partial charge on any atom is 0.243 e. The number of carbonyl (C=O) groups excluding carboxylic acids is 2. The van der Waals surface area contributed by atoms with Crippen molar-refractivity contribution in [2.75, 3.05) is 0 Å². The SMILES string of the molecule is Cc1ccc(CN(C(=O)Cc2ccccc2Cl)[C@H](Cc2ccccc2)C(=O)NC2CCCCC2)cc1. The Morgan fingerprint density at radius 1 is 0.889 bits per heavy atom. The number of nitrogens with zero attached hydrogens (tertiary/aromatic N) is 1. The van der Waals surface area contributed by atoms with Gasteiger partial charge in [-0.3, -0.25) is 9.59 Å². The van der Waals surface area contributed by atoms with Crippen LogP contribution in [0.25, 0.3) is 0 Å². The van der Waals surface area contributed by atoms with Crippen LogP contribution >= 0.6 is 11.6 Å². The molecule has 36 heavy (non-hydrogen) atoms. The van der Waals surface area contributed by atoms with Crippen LogP contribution in [-0.2, 0) is 29.0 Å². The molecule has 3 aromatic rings. The van der Waals surface area contributed by atoms with E-state index in [2.05, 4.69) is 5.32 Å². The Morgan fingerprint density at radius 3 is 2.25 bits per heavy atom. The maximum atomic E-state index is 13.9. The molecule has 1 saturated carbocycles. The summed E-state index contributed by atoms with van der Waals surface area (Å²) in [6.45, 7) is 2.40. The standard InChI is InChI=1S/C31H35ClN2O2/c1-23-16-18-25(19-17-23)22-34(30(35)21-26-12-8-9-15-28(26)32)29(20-24-10-4-2-5-11-24)31(36)33-27-13-6-3-7-14-27/h2,4-5,8-12,15-19,27,29H,3,6-7,13-14,20-22H2,1H3,(H,33,36)/t29-/m1/s1. The third kappa shape index (κ3) is 7.20. The van der Waals surface area contributed by atoms with E-state index in [1.54, 1.807) is 11.0 Å². The predicted octanol–water partition coefficient (Wildman–Crippen LogP) is 6.28. The Bertz CT molecular complexity index is 1140. The third-order valence-corrected chi connectivity index (χ3v) is 7.36. The lowest BCUT2D eigenvalue weighted by molar-refractivity contribution is -0.141. The van der Waals surface area contributed by atoms with Crippen LogP contribution in [0.15, 0.2) is 78.9 Å². The number of nitrogens with one attached hydrogen (secondary N) is 1. The third-order valence-electron chi connectivity index (χ3n) is 7.00. The molecule has 0 aromatic heterocycles. The van der Waals surface area contributed by atoms with Crippen molar-refractivity contribution < 1.29 is 9.59 Å². The molecule has 4 rings (SSSR count). The summed E-state index contributed by atoms with van der Waals surface area (Å²) in [5, 5.41) is 3.85. The van der Waals surface area contributed by atoms with Gasteiger partial charge in [0.15, 0.2) is 0 Å². The van der Waals surface area contributed by atoms with E-state index in [4.69, 9.17) is 11.6 Å². The van der Waals surface area contributed by atoms with Gasteiger partial charge in [-0.05, 0) is 42.5 Å². The van der Waals surface area contributed by atoms with E-state index in [0.717, 1.165) is 47.9 Å². The number of hydrogen-bond acceptors (Lipinski definition) is 2. The molecule has 0 aliphatic heterocycles. The predicted molar refractivity (Wildman–Crippen MR) is 146 cm³/mol. The summed E-state index contributed by atoms with van der Waals surface area (Å²) in [6, 6.07) is 25.1. The van der Waals surface area contributed by atoms with Crippen LogP contribution in [0.3, 0.4) is 0 Å². The lowest BCUT2D eigenvalue weighted by Gasteiger charge is -2.33. The van der Waals surface area contributed by atoms with E-state index >= 15 is 0 Å². The number of amides is 2. The van der Waals surface area contributed by atoms with Crippen molar-refractivity contribution in [3.63, 3.8) is 0 Å². The van der Waals surface area contributed by atoms with Gasteiger partial charge in [0.25, 0.3) is 0 Å². The molecule has 0 spiro atoms. The minimum atomic E-state index is -0.620. The summed E-state index contributed by atoms with van der Waals surface area (Å²) in [7, 11) is 0. The molecule has 2 amide bonds. The fraction of sp³-hybridized carbons (Fsp3) is 0.355. The van der Waals surface area contributed by atoms with Gasteiger partial charge in [-0.2, -0.15) is 0 Å². The second-order valence-electron chi connectivity index (χ2n) is 9.82. The number of benzene rings is 3. The Hall–Kier alpha value is -3.11. The van der Waals surface area contributed by atoms with E-state index in [1.807, 2.05) is 79.7 Å². The highest BCUT2D eigenvalue weighted by Gasteiger charge is 2.32. The molecule has 0 radical (unpaired) electrons. The second-order valence-corrected chi connectivity index (χ2v) is 10.2. The van der Waals surface area contributed by atoms with Crippen molar-refractivity contribution in [1.29, 1.82) is 0 Å². The molecule has 0 bridgehead atoms. The van der Waals surface area contributed by atoms with Gasteiger partial charge in [-0.1, -0.05) is 109 Å². The van der Waals surface area contributed by atoms with Gasteiger partial charge in [0.2, 0.25) is 11.8 Å². The lowest BCUT2D eigenvalue weighted by atomic mass is 9.94. The van der Waals surface area contributed by atoms with Gasteiger partial charge in [0, 0.05) is 24.0 Å². The monoisotopic (exact) mass is 502 g/mol. The van der Waals surface area contributed by atoms with Crippen molar-refractivity contribution in [3.8, 4) is 0 Å². The zero-order chi connectivity index (χ0) is 25.3. The molecule has 1 N–H and O–H groups in total. The molecule has 3 aromatic carbocycles. The first-order chi connectivity index (χ1) is 17.5. The smallest absolute Gasteiger partial charge is 0.243 e. The Morgan fingerprint density at radius 2 is 1.56 bits per heavy atom. The molecule has 4 nitrogen and oxygen atoms in total. The first-order valence-electron chi connectivity index (χ1n) is 12.9. The van der Waals surface area contributed by atoms with Gasteiger partial charge < -0.3 is 10.2 Å². The Balaban J connectivity index is 1.65. The number of halogens is 1. The molecule has 1 fully saturated rings. The largest absolute Gasteiger partial charge is 0.352 e. The van der Waals surface area contributed by atoms with Crippen LogP contribution in [0.1, 0.15) is 54.4 Å². The lowest BCUT2D eigenvalue weighted by Crippen LogP contribution is -2.53. The first kappa shape index (κ1) is 26.0. The number of carbonyl (C=O) groups is 2. The normalized spacial score (nSPS) is 14.7. The molecule has 5 heteroatoms. The van der Waals surface area contributed by atoms with E-state index in [9.17, 15) is 9.59 Å². The highest BCUT2D eigenvalue weighted by Crippen LogP contribution is 2.22. The summed E-state index contributed by atoms with van der Waals surface area (Å²) >= 11 is 6.40. The summed E-state index contributed by atoms with van der Waals surface area (Å²) < 4.78 is 0. The van der Waals surface area contributed by atoms with Crippen LogP contribution in [0.4, 0.5) is 0 Å². The minimum absolute atomic E-state index is 0.0784. The van der Waals surface area contributed by atoms with Crippen LogP contribution < -0.4 is 5.32 Å². The molecule has 0 heterocycles. The van der Waals surface area contributed by atoms with E-state index in [0.29, 0.717) is 18.0 Å². The molecule has 0 saturated heterocycles. The molecule has 1 aliphatic rings. The summed E-state index contributed by atoms with van der Waals surface area (Å²) in [6.07, 6.45) is 6.08.